The van der Waals surface area contributed by atoms with Crippen LogP contribution in [0.3, 0.4) is 0 Å². The average molecular weight is 385 g/mol. The Hall–Kier alpha value is -2.21. The molecule has 0 saturated heterocycles. The van der Waals surface area contributed by atoms with Gasteiger partial charge in [-0.15, -0.1) is 11.8 Å². The van der Waals surface area contributed by atoms with Crippen molar-refractivity contribution in [2.75, 3.05) is 6.61 Å². The molecule has 1 saturated carbocycles. The van der Waals surface area contributed by atoms with Crippen molar-refractivity contribution in [3.05, 3.63) is 47.7 Å². The van der Waals surface area contributed by atoms with Crippen LogP contribution in [0.15, 0.2) is 41.6 Å². The second-order valence-corrected chi connectivity index (χ2v) is 8.38. The van der Waals surface area contributed by atoms with Crippen LogP contribution in [-0.2, 0) is 11.4 Å². The van der Waals surface area contributed by atoms with Crippen LogP contribution in [0.1, 0.15) is 49.1 Å². The van der Waals surface area contributed by atoms with Crippen LogP contribution in [-0.4, -0.2) is 27.9 Å². The van der Waals surface area contributed by atoms with Gasteiger partial charge in [0.2, 0.25) is 0 Å². The SMILES string of the molecule is O=C(O)C[C@@H]1COc2cc(OCc3cccnc3SC3CCCC3)ccc21. The maximum Gasteiger partial charge on any atom is 0.304 e. The molecule has 27 heavy (non-hydrogen) atoms. The quantitative estimate of drug-likeness (QED) is 0.748. The van der Waals surface area contributed by atoms with E-state index in [4.69, 9.17) is 14.6 Å². The molecule has 0 amide bonds. The Labute approximate surface area is 163 Å². The molecule has 1 atom stereocenters. The zero-order valence-electron chi connectivity index (χ0n) is 15.1. The van der Waals surface area contributed by atoms with E-state index in [2.05, 4.69) is 11.1 Å². The summed E-state index contributed by atoms with van der Waals surface area (Å²) >= 11 is 1.87. The van der Waals surface area contributed by atoms with Crippen molar-refractivity contribution in [2.45, 2.75) is 54.9 Å². The van der Waals surface area contributed by atoms with Gasteiger partial charge in [0.1, 0.15) is 23.1 Å². The molecule has 1 fully saturated rings. The second kappa shape index (κ2) is 8.21. The number of rotatable bonds is 7. The molecule has 1 aromatic heterocycles. The van der Waals surface area contributed by atoms with E-state index >= 15 is 0 Å². The van der Waals surface area contributed by atoms with E-state index in [0.717, 1.165) is 27.7 Å². The summed E-state index contributed by atoms with van der Waals surface area (Å²) < 4.78 is 11.6. The van der Waals surface area contributed by atoms with Gasteiger partial charge in [0.15, 0.2) is 0 Å². The minimum Gasteiger partial charge on any atom is -0.492 e. The van der Waals surface area contributed by atoms with Crippen LogP contribution in [0.25, 0.3) is 0 Å². The van der Waals surface area contributed by atoms with Crippen LogP contribution < -0.4 is 9.47 Å². The first-order valence-electron chi connectivity index (χ1n) is 9.41. The standard InChI is InChI=1S/C21H23NO4S/c23-20(24)10-15-13-26-19-11-16(7-8-18(15)19)25-12-14-4-3-9-22-21(14)27-17-5-1-2-6-17/h3-4,7-9,11,15,17H,1-2,5-6,10,12-13H2,(H,23,24)/t15-/m1/s1. The van der Waals surface area contributed by atoms with Gasteiger partial charge in [-0.25, -0.2) is 4.98 Å². The molecule has 142 valence electrons. The van der Waals surface area contributed by atoms with Crippen molar-refractivity contribution in [3.8, 4) is 11.5 Å². The lowest BCUT2D eigenvalue weighted by atomic mass is 9.98. The van der Waals surface area contributed by atoms with Gasteiger partial charge >= 0.3 is 5.97 Å². The summed E-state index contributed by atoms with van der Waals surface area (Å²) in [5.41, 5.74) is 2.04. The van der Waals surface area contributed by atoms with E-state index in [1.54, 1.807) is 0 Å². The molecule has 2 aromatic rings. The second-order valence-electron chi connectivity index (χ2n) is 7.09. The molecule has 0 bridgehead atoms. The Morgan fingerprint density at radius 3 is 2.96 bits per heavy atom. The van der Waals surface area contributed by atoms with Gasteiger partial charge < -0.3 is 14.6 Å². The zero-order chi connectivity index (χ0) is 18.6. The molecular weight excluding hydrogens is 362 g/mol. The third kappa shape index (κ3) is 4.38. The highest BCUT2D eigenvalue weighted by atomic mass is 32.2. The van der Waals surface area contributed by atoms with E-state index < -0.39 is 5.97 Å². The number of carboxylic acid groups (broad SMARTS) is 1. The van der Waals surface area contributed by atoms with Gasteiger partial charge in [-0.05, 0) is 25.0 Å². The lowest BCUT2D eigenvalue weighted by Gasteiger charge is -2.13. The number of benzene rings is 1. The fraction of sp³-hybridized carbons (Fsp3) is 0.429. The summed E-state index contributed by atoms with van der Waals surface area (Å²) in [7, 11) is 0. The van der Waals surface area contributed by atoms with E-state index in [1.165, 1.54) is 25.7 Å². The maximum absolute atomic E-state index is 11.0. The summed E-state index contributed by atoms with van der Waals surface area (Å²) in [6, 6.07) is 9.68. The van der Waals surface area contributed by atoms with Gasteiger partial charge in [0.25, 0.3) is 0 Å². The summed E-state index contributed by atoms with van der Waals surface area (Å²) in [5, 5.41) is 10.7. The molecule has 5 nitrogen and oxygen atoms in total. The normalized spacial score (nSPS) is 18.9. The molecule has 1 aromatic carbocycles. The summed E-state index contributed by atoms with van der Waals surface area (Å²) in [5.74, 6) is 0.566. The van der Waals surface area contributed by atoms with Crippen LogP contribution in [0.5, 0.6) is 11.5 Å². The number of aliphatic carboxylic acids is 1. The lowest BCUT2D eigenvalue weighted by molar-refractivity contribution is -0.137. The van der Waals surface area contributed by atoms with Crippen molar-refractivity contribution < 1.29 is 19.4 Å². The molecule has 1 aliphatic carbocycles. The predicted molar refractivity (Wildman–Crippen MR) is 104 cm³/mol. The van der Waals surface area contributed by atoms with Gasteiger partial charge in [0, 0.05) is 34.6 Å². The minimum atomic E-state index is -0.805. The number of carboxylic acids is 1. The molecule has 1 aliphatic heterocycles. The molecule has 4 rings (SSSR count). The Morgan fingerprint density at radius 1 is 1.30 bits per heavy atom. The molecule has 0 spiro atoms. The number of ether oxygens (including phenoxy) is 2. The van der Waals surface area contributed by atoms with Crippen molar-refractivity contribution >= 4 is 17.7 Å². The van der Waals surface area contributed by atoms with E-state index in [-0.39, 0.29) is 12.3 Å². The maximum atomic E-state index is 11.0. The Balaban J connectivity index is 1.42. The Morgan fingerprint density at radius 2 is 2.15 bits per heavy atom. The van der Waals surface area contributed by atoms with E-state index in [0.29, 0.717) is 18.5 Å². The van der Waals surface area contributed by atoms with Crippen LogP contribution in [0.2, 0.25) is 0 Å². The Bertz CT molecular complexity index is 820. The predicted octanol–water partition coefficient (Wildman–Crippen LogP) is 4.65. The highest BCUT2D eigenvalue weighted by molar-refractivity contribution is 7.99. The molecular formula is C21H23NO4S. The van der Waals surface area contributed by atoms with Crippen molar-refractivity contribution in [1.82, 2.24) is 4.98 Å². The van der Waals surface area contributed by atoms with E-state index in [9.17, 15) is 4.79 Å². The third-order valence-corrected chi connectivity index (χ3v) is 6.51. The zero-order valence-corrected chi connectivity index (χ0v) is 15.9. The van der Waals surface area contributed by atoms with Gasteiger partial charge in [-0.2, -0.15) is 0 Å². The molecule has 1 N–H and O–H groups in total. The number of pyridine rings is 1. The van der Waals surface area contributed by atoms with Gasteiger partial charge in [-0.1, -0.05) is 25.0 Å². The minimum absolute atomic E-state index is 0.0840. The number of nitrogens with zero attached hydrogens (tertiary/aromatic N) is 1. The fourth-order valence-corrected chi connectivity index (χ4v) is 4.98. The number of aromatic nitrogens is 1. The lowest BCUT2D eigenvalue weighted by Crippen LogP contribution is -2.07. The fourth-order valence-electron chi connectivity index (χ4n) is 3.69. The number of fused-ring (bicyclic) bond motifs is 1. The molecule has 6 heteroatoms. The number of carbonyl (C=O) groups is 1. The van der Waals surface area contributed by atoms with Crippen LogP contribution >= 0.6 is 11.8 Å². The van der Waals surface area contributed by atoms with Gasteiger partial charge in [-0.3, -0.25) is 4.79 Å². The number of thioether (sulfide) groups is 1. The highest BCUT2D eigenvalue weighted by Crippen LogP contribution is 2.39. The number of hydrogen-bond donors (Lipinski definition) is 1. The van der Waals surface area contributed by atoms with E-state index in [1.807, 2.05) is 42.2 Å². The average Bonchev–Trinajstić information content (AvgIpc) is 3.31. The monoisotopic (exact) mass is 385 g/mol. The smallest absolute Gasteiger partial charge is 0.304 e. The first kappa shape index (κ1) is 18.2. The highest BCUT2D eigenvalue weighted by Gasteiger charge is 2.26. The van der Waals surface area contributed by atoms with Crippen LogP contribution in [0, 0.1) is 0 Å². The number of hydrogen-bond acceptors (Lipinski definition) is 5. The summed E-state index contributed by atoms with van der Waals surface area (Å²) in [6.45, 7) is 0.871. The van der Waals surface area contributed by atoms with Gasteiger partial charge in [0.05, 0.1) is 13.0 Å². The largest absolute Gasteiger partial charge is 0.492 e. The molecule has 0 radical (unpaired) electrons. The Kier molecular flexibility index (Phi) is 5.53. The molecule has 2 heterocycles. The molecule has 0 unspecified atom stereocenters. The first-order valence-corrected chi connectivity index (χ1v) is 10.3. The third-order valence-electron chi connectivity index (χ3n) is 5.11. The summed E-state index contributed by atoms with van der Waals surface area (Å²) in [4.78, 5) is 15.5. The van der Waals surface area contributed by atoms with Crippen molar-refractivity contribution in [3.63, 3.8) is 0 Å². The molecule has 2 aliphatic rings. The van der Waals surface area contributed by atoms with Crippen LogP contribution in [0.4, 0.5) is 0 Å². The van der Waals surface area contributed by atoms with Crippen molar-refractivity contribution in [1.29, 1.82) is 0 Å². The van der Waals surface area contributed by atoms with Crippen molar-refractivity contribution in [2.24, 2.45) is 0 Å². The topological polar surface area (TPSA) is 68.7 Å². The first-order chi connectivity index (χ1) is 13.2. The summed E-state index contributed by atoms with van der Waals surface area (Å²) in [6.07, 6.45) is 7.09.